The second kappa shape index (κ2) is 9.60. The van der Waals surface area contributed by atoms with Gasteiger partial charge in [-0.25, -0.2) is 9.59 Å². The first kappa shape index (κ1) is 20.9. The summed E-state index contributed by atoms with van der Waals surface area (Å²) < 4.78 is 10.2. The number of hydrogen-bond donors (Lipinski definition) is 3. The van der Waals surface area contributed by atoms with Crippen LogP contribution in [0.1, 0.15) is 19.4 Å². The quantitative estimate of drug-likeness (QED) is 0.402. The fourth-order valence-electron chi connectivity index (χ4n) is 2.98. The topological polar surface area (TPSA) is 110 Å². The van der Waals surface area contributed by atoms with E-state index in [9.17, 15) is 14.4 Å². The van der Waals surface area contributed by atoms with Crippen molar-refractivity contribution in [3.8, 4) is 0 Å². The number of nitrogens with one attached hydrogen (secondary N) is 3. The average molecular weight is 409 g/mol. The molecule has 0 saturated heterocycles. The monoisotopic (exact) mass is 409 g/mol. The van der Waals surface area contributed by atoms with Gasteiger partial charge in [0.2, 0.25) is 0 Å². The number of carbonyl (C=O) groups excluding carboxylic acids is 2. The van der Waals surface area contributed by atoms with E-state index < -0.39 is 11.7 Å². The van der Waals surface area contributed by atoms with Crippen LogP contribution >= 0.6 is 0 Å². The van der Waals surface area contributed by atoms with Crippen LogP contribution in [0.25, 0.3) is 11.0 Å². The normalized spacial score (nSPS) is 10.5. The summed E-state index contributed by atoms with van der Waals surface area (Å²) >= 11 is 0. The predicted octanol–water partition coefficient (Wildman–Crippen LogP) is 3.97. The summed E-state index contributed by atoms with van der Waals surface area (Å²) in [5.41, 5.74) is 1.60. The number of fused-ring (bicyclic) bond motifs is 1. The zero-order valence-corrected chi connectivity index (χ0v) is 16.8. The minimum Gasteiger partial charge on any atom is -0.466 e. The first-order valence-electron chi connectivity index (χ1n) is 9.64. The molecule has 2 amide bonds. The Morgan fingerprint density at radius 2 is 1.70 bits per heavy atom. The molecule has 0 saturated carbocycles. The molecule has 8 heteroatoms. The van der Waals surface area contributed by atoms with Crippen molar-refractivity contribution in [2.24, 2.45) is 0 Å². The van der Waals surface area contributed by atoms with E-state index in [1.807, 2.05) is 19.1 Å². The van der Waals surface area contributed by atoms with E-state index in [4.69, 9.17) is 9.15 Å². The van der Waals surface area contributed by atoms with Crippen LogP contribution in [0.3, 0.4) is 0 Å². The van der Waals surface area contributed by atoms with Gasteiger partial charge in [-0.2, -0.15) is 0 Å². The van der Waals surface area contributed by atoms with Gasteiger partial charge >= 0.3 is 17.6 Å². The van der Waals surface area contributed by atoms with Gasteiger partial charge in [0.15, 0.2) is 5.69 Å². The SMILES string of the molecule is CCNc1c(NC(=O)Nc2ccc(CC(=O)OCC)cc2)c(=O)oc2ccccc12. The van der Waals surface area contributed by atoms with Crippen molar-refractivity contribution in [2.45, 2.75) is 20.3 Å². The van der Waals surface area contributed by atoms with Crippen LogP contribution in [-0.2, 0) is 16.0 Å². The highest BCUT2D eigenvalue weighted by atomic mass is 16.5. The molecule has 156 valence electrons. The van der Waals surface area contributed by atoms with Gasteiger partial charge in [0.05, 0.1) is 18.7 Å². The van der Waals surface area contributed by atoms with Crippen LogP contribution in [0.15, 0.2) is 57.7 Å². The molecule has 3 rings (SSSR count). The van der Waals surface area contributed by atoms with Crippen molar-refractivity contribution in [1.82, 2.24) is 0 Å². The number of urea groups is 1. The van der Waals surface area contributed by atoms with E-state index in [1.165, 1.54) is 0 Å². The van der Waals surface area contributed by atoms with E-state index in [-0.39, 0.29) is 18.1 Å². The van der Waals surface area contributed by atoms with Gasteiger partial charge in [-0.05, 0) is 43.7 Å². The molecule has 0 fully saturated rings. The Labute approximate surface area is 173 Å². The maximum atomic E-state index is 12.5. The molecule has 0 aliphatic heterocycles. The number of carbonyl (C=O) groups is 2. The number of esters is 1. The van der Waals surface area contributed by atoms with Crippen LogP contribution in [0.2, 0.25) is 0 Å². The molecule has 0 atom stereocenters. The van der Waals surface area contributed by atoms with Crippen molar-refractivity contribution < 1.29 is 18.7 Å². The van der Waals surface area contributed by atoms with Crippen molar-refractivity contribution in [2.75, 3.05) is 29.1 Å². The van der Waals surface area contributed by atoms with Crippen molar-refractivity contribution in [3.05, 3.63) is 64.5 Å². The van der Waals surface area contributed by atoms with Crippen molar-refractivity contribution in [3.63, 3.8) is 0 Å². The minimum absolute atomic E-state index is 0.0342. The van der Waals surface area contributed by atoms with E-state index in [0.717, 1.165) is 5.56 Å². The Morgan fingerprint density at radius 1 is 0.967 bits per heavy atom. The fourth-order valence-corrected chi connectivity index (χ4v) is 2.98. The van der Waals surface area contributed by atoms with Crippen LogP contribution in [0, 0.1) is 0 Å². The lowest BCUT2D eigenvalue weighted by atomic mass is 10.1. The Morgan fingerprint density at radius 3 is 2.40 bits per heavy atom. The lowest BCUT2D eigenvalue weighted by molar-refractivity contribution is -0.142. The summed E-state index contributed by atoms with van der Waals surface area (Å²) in [5, 5.41) is 9.05. The minimum atomic E-state index is -0.649. The smallest absolute Gasteiger partial charge is 0.362 e. The number of para-hydroxylation sites is 1. The summed E-state index contributed by atoms with van der Waals surface area (Å²) in [6, 6.07) is 13.3. The number of rotatable bonds is 7. The highest BCUT2D eigenvalue weighted by molar-refractivity contribution is 6.05. The molecule has 1 heterocycles. The molecule has 8 nitrogen and oxygen atoms in total. The second-order valence-electron chi connectivity index (χ2n) is 6.42. The first-order valence-corrected chi connectivity index (χ1v) is 9.64. The van der Waals surface area contributed by atoms with Crippen molar-refractivity contribution in [1.29, 1.82) is 0 Å². The Hall–Kier alpha value is -3.81. The molecule has 0 aliphatic carbocycles. The molecule has 0 bridgehead atoms. The summed E-state index contributed by atoms with van der Waals surface area (Å²) in [7, 11) is 0. The largest absolute Gasteiger partial charge is 0.466 e. The van der Waals surface area contributed by atoms with Crippen LogP contribution in [-0.4, -0.2) is 25.2 Å². The van der Waals surface area contributed by atoms with Crippen LogP contribution < -0.4 is 21.6 Å². The molecule has 0 aliphatic rings. The second-order valence-corrected chi connectivity index (χ2v) is 6.42. The molecule has 0 unspecified atom stereocenters. The number of hydrogen-bond acceptors (Lipinski definition) is 6. The zero-order chi connectivity index (χ0) is 21.5. The van der Waals surface area contributed by atoms with E-state index in [2.05, 4.69) is 16.0 Å². The Balaban J connectivity index is 1.75. The highest BCUT2D eigenvalue weighted by Crippen LogP contribution is 2.28. The number of amides is 2. The lowest BCUT2D eigenvalue weighted by Crippen LogP contribution is -2.24. The summed E-state index contributed by atoms with van der Waals surface area (Å²) in [6.45, 7) is 4.54. The van der Waals surface area contributed by atoms with Crippen LogP contribution in [0.4, 0.5) is 21.9 Å². The first-order chi connectivity index (χ1) is 14.5. The van der Waals surface area contributed by atoms with E-state index in [0.29, 0.717) is 35.5 Å². The maximum absolute atomic E-state index is 12.5. The molecule has 1 aromatic heterocycles. The fraction of sp³-hybridized carbons (Fsp3) is 0.227. The van der Waals surface area contributed by atoms with Gasteiger partial charge in [-0.1, -0.05) is 24.3 Å². The molecule has 30 heavy (non-hydrogen) atoms. The summed E-state index contributed by atoms with van der Waals surface area (Å²) in [4.78, 5) is 36.4. The zero-order valence-electron chi connectivity index (χ0n) is 16.8. The average Bonchev–Trinajstić information content (AvgIpc) is 2.72. The van der Waals surface area contributed by atoms with Crippen molar-refractivity contribution >= 4 is 40.0 Å². The van der Waals surface area contributed by atoms with E-state index >= 15 is 0 Å². The molecular formula is C22H23N3O5. The predicted molar refractivity (Wildman–Crippen MR) is 116 cm³/mol. The van der Waals surface area contributed by atoms with Gasteiger partial charge < -0.3 is 19.8 Å². The van der Waals surface area contributed by atoms with Gasteiger partial charge in [-0.15, -0.1) is 0 Å². The Bertz CT molecular complexity index is 1110. The molecule has 3 aromatic rings. The molecule has 2 aromatic carbocycles. The summed E-state index contributed by atoms with van der Waals surface area (Å²) in [6.07, 6.45) is 0.157. The van der Waals surface area contributed by atoms with Gasteiger partial charge in [0, 0.05) is 17.6 Å². The highest BCUT2D eigenvalue weighted by Gasteiger charge is 2.16. The maximum Gasteiger partial charge on any atom is 0.362 e. The third kappa shape index (κ3) is 4.96. The molecule has 0 radical (unpaired) electrons. The third-order valence-electron chi connectivity index (χ3n) is 4.27. The molecule has 3 N–H and O–H groups in total. The molecule has 0 spiro atoms. The number of benzene rings is 2. The number of ether oxygens (including phenoxy) is 1. The third-order valence-corrected chi connectivity index (χ3v) is 4.27. The lowest BCUT2D eigenvalue weighted by Gasteiger charge is -2.14. The van der Waals surface area contributed by atoms with Gasteiger partial charge in [0.1, 0.15) is 5.58 Å². The Kier molecular flexibility index (Phi) is 6.69. The van der Waals surface area contributed by atoms with Crippen LogP contribution in [0.5, 0.6) is 0 Å². The molecular weight excluding hydrogens is 386 g/mol. The number of anilines is 3. The van der Waals surface area contributed by atoms with E-state index in [1.54, 1.807) is 43.3 Å². The van der Waals surface area contributed by atoms with Gasteiger partial charge in [0.25, 0.3) is 0 Å². The standard InChI is InChI=1S/C22H23N3O5/c1-3-23-19-16-7-5-6-8-17(16)30-21(27)20(19)25-22(28)24-15-11-9-14(10-12-15)13-18(26)29-4-2/h5-12,23H,3-4,13H2,1-2H3,(H2,24,25,28). The van der Waals surface area contributed by atoms with Gasteiger partial charge in [-0.3, -0.25) is 10.1 Å². The summed E-state index contributed by atoms with van der Waals surface area (Å²) in [5.74, 6) is -0.310.